The maximum Gasteiger partial charge on any atom is 0.137 e. The standard InChI is InChI=1S/C12H15NO3S/c1-15-6-8-17(14)9-7-16-12-5-3-2-4-11(12)10-13/h2-5H,6-9H2,1H3. The molecule has 0 aliphatic rings. The smallest absolute Gasteiger partial charge is 0.137 e. The van der Waals surface area contributed by atoms with Crippen LogP contribution in [0.2, 0.25) is 0 Å². The third-order valence-corrected chi connectivity index (χ3v) is 3.34. The van der Waals surface area contributed by atoms with E-state index in [9.17, 15) is 4.21 Å². The van der Waals surface area contributed by atoms with Gasteiger partial charge in [-0.05, 0) is 12.1 Å². The first-order valence-corrected chi connectivity index (χ1v) is 6.72. The van der Waals surface area contributed by atoms with Crippen LogP contribution < -0.4 is 4.74 Å². The molecule has 92 valence electrons. The monoisotopic (exact) mass is 253 g/mol. The average Bonchev–Trinajstić information content (AvgIpc) is 2.37. The Labute approximate surface area is 104 Å². The second-order valence-electron chi connectivity index (χ2n) is 3.30. The molecule has 0 N–H and O–H groups in total. The lowest BCUT2D eigenvalue weighted by atomic mass is 10.2. The van der Waals surface area contributed by atoms with E-state index < -0.39 is 10.8 Å². The third-order valence-electron chi connectivity index (χ3n) is 2.09. The quantitative estimate of drug-likeness (QED) is 0.735. The number of hydrogen-bond donors (Lipinski definition) is 0. The molecule has 0 aliphatic heterocycles. The van der Waals surface area contributed by atoms with Crippen LogP contribution >= 0.6 is 0 Å². The number of methoxy groups -OCH3 is 1. The lowest BCUT2D eigenvalue weighted by Gasteiger charge is -2.07. The van der Waals surface area contributed by atoms with Gasteiger partial charge >= 0.3 is 0 Å². The maximum absolute atomic E-state index is 11.4. The zero-order valence-corrected chi connectivity index (χ0v) is 10.5. The number of hydrogen-bond acceptors (Lipinski definition) is 4. The van der Waals surface area contributed by atoms with Crippen molar-refractivity contribution in [3.05, 3.63) is 29.8 Å². The summed E-state index contributed by atoms with van der Waals surface area (Å²) in [6.45, 7) is 0.830. The molecule has 1 aromatic rings. The van der Waals surface area contributed by atoms with Crippen LogP contribution in [0.5, 0.6) is 5.75 Å². The van der Waals surface area contributed by atoms with Crippen molar-refractivity contribution in [3.63, 3.8) is 0 Å². The van der Waals surface area contributed by atoms with Gasteiger partial charge in [0.15, 0.2) is 0 Å². The summed E-state index contributed by atoms with van der Waals surface area (Å²) in [6.07, 6.45) is 0. The SMILES string of the molecule is COCCS(=O)CCOc1ccccc1C#N. The Morgan fingerprint density at radius 3 is 2.71 bits per heavy atom. The van der Waals surface area contributed by atoms with Crippen molar-refractivity contribution in [2.45, 2.75) is 0 Å². The molecule has 0 fully saturated rings. The summed E-state index contributed by atoms with van der Waals surface area (Å²) in [4.78, 5) is 0. The van der Waals surface area contributed by atoms with E-state index in [1.165, 1.54) is 0 Å². The van der Waals surface area contributed by atoms with Crippen LogP contribution in [0.15, 0.2) is 24.3 Å². The Bertz CT molecular complexity index is 414. The summed E-state index contributed by atoms with van der Waals surface area (Å²) in [5, 5.41) is 8.84. The number of nitrogens with zero attached hydrogens (tertiary/aromatic N) is 1. The molecule has 4 nitrogen and oxygen atoms in total. The van der Waals surface area contributed by atoms with E-state index in [0.29, 0.717) is 36.0 Å². The van der Waals surface area contributed by atoms with E-state index >= 15 is 0 Å². The summed E-state index contributed by atoms with van der Waals surface area (Å²) < 4.78 is 21.7. The highest BCUT2D eigenvalue weighted by Crippen LogP contribution is 2.16. The molecule has 0 aromatic heterocycles. The molecule has 1 unspecified atom stereocenters. The largest absolute Gasteiger partial charge is 0.491 e. The van der Waals surface area contributed by atoms with Gasteiger partial charge in [-0.3, -0.25) is 4.21 Å². The van der Waals surface area contributed by atoms with Crippen LogP contribution in [0.1, 0.15) is 5.56 Å². The molecule has 0 heterocycles. The molecule has 0 saturated carbocycles. The van der Waals surface area contributed by atoms with E-state index in [1.807, 2.05) is 6.07 Å². The minimum atomic E-state index is -0.935. The van der Waals surface area contributed by atoms with Gasteiger partial charge in [0.25, 0.3) is 0 Å². The van der Waals surface area contributed by atoms with E-state index in [4.69, 9.17) is 14.7 Å². The lowest BCUT2D eigenvalue weighted by molar-refractivity contribution is 0.218. The highest BCUT2D eigenvalue weighted by molar-refractivity contribution is 7.85. The van der Waals surface area contributed by atoms with E-state index in [1.54, 1.807) is 31.4 Å². The van der Waals surface area contributed by atoms with Crippen molar-refractivity contribution in [1.29, 1.82) is 5.26 Å². The van der Waals surface area contributed by atoms with Crippen LogP contribution in [0.25, 0.3) is 0 Å². The van der Waals surface area contributed by atoms with Crippen molar-refractivity contribution < 1.29 is 13.7 Å². The predicted molar refractivity (Wildman–Crippen MR) is 66.4 cm³/mol. The molecule has 1 rings (SSSR count). The molecule has 17 heavy (non-hydrogen) atoms. The van der Waals surface area contributed by atoms with Crippen molar-refractivity contribution in [1.82, 2.24) is 0 Å². The number of rotatable bonds is 7. The second-order valence-corrected chi connectivity index (χ2v) is 4.99. The molecular formula is C12H15NO3S. The van der Waals surface area contributed by atoms with Crippen molar-refractivity contribution in [2.75, 3.05) is 31.8 Å². The van der Waals surface area contributed by atoms with Gasteiger partial charge in [0.1, 0.15) is 11.8 Å². The van der Waals surface area contributed by atoms with Crippen molar-refractivity contribution in [3.8, 4) is 11.8 Å². The predicted octanol–water partition coefficient (Wildman–Crippen LogP) is 1.33. The molecule has 1 aromatic carbocycles. The Hall–Kier alpha value is -1.38. The Morgan fingerprint density at radius 2 is 2.00 bits per heavy atom. The number of ether oxygens (including phenoxy) is 2. The third kappa shape index (κ3) is 4.98. The average molecular weight is 253 g/mol. The minimum absolute atomic E-state index is 0.342. The van der Waals surface area contributed by atoms with Gasteiger partial charge in [0.05, 0.1) is 24.5 Å². The molecule has 5 heteroatoms. The Balaban J connectivity index is 2.36. The molecule has 0 saturated heterocycles. The molecule has 0 bridgehead atoms. The molecule has 0 amide bonds. The van der Waals surface area contributed by atoms with E-state index in [0.717, 1.165) is 0 Å². The van der Waals surface area contributed by atoms with Crippen LogP contribution in [-0.2, 0) is 15.5 Å². The first-order valence-electron chi connectivity index (χ1n) is 5.23. The molecule has 0 aliphatic carbocycles. The highest BCUT2D eigenvalue weighted by Gasteiger charge is 2.03. The van der Waals surface area contributed by atoms with Gasteiger partial charge in [0, 0.05) is 23.7 Å². The highest BCUT2D eigenvalue weighted by atomic mass is 32.2. The van der Waals surface area contributed by atoms with Gasteiger partial charge in [0.2, 0.25) is 0 Å². The van der Waals surface area contributed by atoms with Gasteiger partial charge < -0.3 is 9.47 Å². The molecule has 1 atom stereocenters. The Kier molecular flexibility index (Phi) is 6.30. The summed E-state index contributed by atoms with van der Waals surface area (Å²) in [7, 11) is 0.645. The molecule has 0 spiro atoms. The maximum atomic E-state index is 11.4. The summed E-state index contributed by atoms with van der Waals surface area (Å²) in [6, 6.07) is 9.06. The lowest BCUT2D eigenvalue weighted by Crippen LogP contribution is -2.14. The van der Waals surface area contributed by atoms with Crippen molar-refractivity contribution in [2.24, 2.45) is 0 Å². The van der Waals surface area contributed by atoms with Crippen LogP contribution in [0, 0.1) is 11.3 Å². The number of nitriles is 1. The first kappa shape index (κ1) is 13.7. The number of para-hydroxylation sites is 1. The summed E-state index contributed by atoms with van der Waals surface area (Å²) >= 11 is 0. The van der Waals surface area contributed by atoms with Crippen LogP contribution in [-0.4, -0.2) is 36.0 Å². The van der Waals surface area contributed by atoms with Crippen LogP contribution in [0.3, 0.4) is 0 Å². The first-order chi connectivity index (χ1) is 8.27. The zero-order valence-electron chi connectivity index (χ0n) is 9.72. The van der Waals surface area contributed by atoms with Crippen molar-refractivity contribution >= 4 is 10.8 Å². The topological polar surface area (TPSA) is 59.3 Å². The van der Waals surface area contributed by atoms with Crippen LogP contribution in [0.4, 0.5) is 0 Å². The minimum Gasteiger partial charge on any atom is -0.491 e. The molecular weight excluding hydrogens is 238 g/mol. The van der Waals surface area contributed by atoms with Gasteiger partial charge in [-0.2, -0.15) is 5.26 Å². The fourth-order valence-electron chi connectivity index (χ4n) is 1.21. The number of benzene rings is 1. The molecule has 0 radical (unpaired) electrons. The normalized spacial score (nSPS) is 11.8. The van der Waals surface area contributed by atoms with Gasteiger partial charge in [-0.25, -0.2) is 0 Å². The zero-order chi connectivity index (χ0) is 12.5. The van der Waals surface area contributed by atoms with Gasteiger partial charge in [-0.1, -0.05) is 12.1 Å². The summed E-state index contributed by atoms with van der Waals surface area (Å²) in [5.41, 5.74) is 0.496. The Morgan fingerprint density at radius 1 is 1.29 bits per heavy atom. The fraction of sp³-hybridized carbons (Fsp3) is 0.417. The van der Waals surface area contributed by atoms with E-state index in [2.05, 4.69) is 0 Å². The van der Waals surface area contributed by atoms with Gasteiger partial charge in [-0.15, -0.1) is 0 Å². The summed E-state index contributed by atoms with van der Waals surface area (Å²) in [5.74, 6) is 1.50. The van der Waals surface area contributed by atoms with E-state index in [-0.39, 0.29) is 0 Å². The fourth-order valence-corrected chi connectivity index (χ4v) is 2.03. The second kappa shape index (κ2) is 7.82.